The molecule has 2 fully saturated rings. The molecule has 0 bridgehead atoms. The first-order valence-electron chi connectivity index (χ1n) is 10.3. The lowest BCUT2D eigenvalue weighted by atomic mass is 9.75. The van der Waals surface area contributed by atoms with Gasteiger partial charge in [-0.3, -0.25) is 9.59 Å². The molecule has 2 aromatic carbocycles. The first-order valence-corrected chi connectivity index (χ1v) is 10.3. The number of nitrogens with one attached hydrogen (secondary N) is 1. The van der Waals surface area contributed by atoms with Crippen molar-refractivity contribution in [3.8, 4) is 5.75 Å². The maximum atomic E-state index is 12.5. The van der Waals surface area contributed by atoms with E-state index in [1.807, 2.05) is 48.5 Å². The maximum Gasteiger partial charge on any atom is 0.313 e. The van der Waals surface area contributed by atoms with Gasteiger partial charge in [0.15, 0.2) is 0 Å². The summed E-state index contributed by atoms with van der Waals surface area (Å²) in [6.45, 7) is 5.11. The predicted octanol–water partition coefficient (Wildman–Crippen LogP) is 3.72. The van der Waals surface area contributed by atoms with Crippen molar-refractivity contribution in [3.05, 3.63) is 77.4 Å². The number of benzene rings is 2. The van der Waals surface area contributed by atoms with Crippen molar-refractivity contribution in [1.82, 2.24) is 5.32 Å². The third-order valence-electron chi connectivity index (χ3n) is 6.31. The van der Waals surface area contributed by atoms with Gasteiger partial charge in [0.25, 0.3) is 5.91 Å². The summed E-state index contributed by atoms with van der Waals surface area (Å²) in [6.07, 6.45) is 2.88. The molecule has 2 atom stereocenters. The number of carbonyl (C=O) groups excluding carboxylic acids is 2. The summed E-state index contributed by atoms with van der Waals surface area (Å²) in [7, 11) is 1.65. The van der Waals surface area contributed by atoms with Gasteiger partial charge in [0, 0.05) is 18.0 Å². The van der Waals surface area contributed by atoms with Gasteiger partial charge in [-0.25, -0.2) is 0 Å². The molecule has 1 saturated heterocycles. The summed E-state index contributed by atoms with van der Waals surface area (Å²) in [5.41, 5.74) is 3.36. The fourth-order valence-corrected chi connectivity index (χ4v) is 4.72. The fraction of sp³-hybridized carbons (Fsp3) is 0.360. The second-order valence-corrected chi connectivity index (χ2v) is 8.27. The van der Waals surface area contributed by atoms with Gasteiger partial charge in [0.05, 0.1) is 19.1 Å². The number of amides is 1. The van der Waals surface area contributed by atoms with Crippen molar-refractivity contribution in [2.75, 3.05) is 20.3 Å². The average Bonchev–Trinajstić information content (AvgIpc) is 3.22. The number of carbonyl (C=O) groups is 2. The van der Waals surface area contributed by atoms with E-state index in [4.69, 9.17) is 9.47 Å². The number of cyclic esters (lactones) is 1. The molecule has 1 N–H and O–H groups in total. The van der Waals surface area contributed by atoms with E-state index in [0.29, 0.717) is 38.0 Å². The summed E-state index contributed by atoms with van der Waals surface area (Å²) in [5.74, 6) is 0.829. The minimum atomic E-state index is -0.477. The van der Waals surface area contributed by atoms with Crippen molar-refractivity contribution >= 4 is 11.9 Å². The third kappa shape index (κ3) is 3.84. The van der Waals surface area contributed by atoms with E-state index in [9.17, 15) is 9.59 Å². The smallest absolute Gasteiger partial charge is 0.313 e. The van der Waals surface area contributed by atoms with Gasteiger partial charge in [-0.1, -0.05) is 42.5 Å². The minimum absolute atomic E-state index is 0.107. The quantitative estimate of drug-likeness (QED) is 0.563. The van der Waals surface area contributed by atoms with E-state index in [1.54, 1.807) is 7.11 Å². The van der Waals surface area contributed by atoms with Crippen molar-refractivity contribution in [2.24, 2.45) is 11.3 Å². The lowest BCUT2D eigenvalue weighted by Crippen LogP contribution is -2.31. The van der Waals surface area contributed by atoms with Crippen LogP contribution in [-0.2, 0) is 22.4 Å². The van der Waals surface area contributed by atoms with E-state index in [-0.39, 0.29) is 17.8 Å². The molecule has 0 aromatic heterocycles. The van der Waals surface area contributed by atoms with Crippen LogP contribution in [0.1, 0.15) is 34.3 Å². The van der Waals surface area contributed by atoms with Crippen LogP contribution in [0.2, 0.25) is 0 Å². The second kappa shape index (κ2) is 8.34. The Bertz CT molecular complexity index is 965. The number of fused-ring (bicyclic) bond motifs is 1. The lowest BCUT2D eigenvalue weighted by Gasteiger charge is -2.24. The molecule has 1 amide bonds. The second-order valence-electron chi connectivity index (χ2n) is 8.27. The van der Waals surface area contributed by atoms with Gasteiger partial charge in [0.2, 0.25) is 0 Å². The predicted molar refractivity (Wildman–Crippen MR) is 114 cm³/mol. The summed E-state index contributed by atoms with van der Waals surface area (Å²) in [5, 5.41) is 2.96. The van der Waals surface area contributed by atoms with E-state index in [2.05, 4.69) is 11.9 Å². The van der Waals surface area contributed by atoms with E-state index in [0.717, 1.165) is 28.9 Å². The number of esters is 1. The Morgan fingerprint density at radius 2 is 2.00 bits per heavy atom. The highest BCUT2D eigenvalue weighted by atomic mass is 16.5. The molecular formula is C25H27NO4. The van der Waals surface area contributed by atoms with Gasteiger partial charge in [0.1, 0.15) is 5.75 Å². The number of hydrogen-bond acceptors (Lipinski definition) is 4. The highest BCUT2D eigenvalue weighted by Gasteiger charge is 2.55. The van der Waals surface area contributed by atoms with Crippen LogP contribution in [0.5, 0.6) is 5.75 Å². The molecule has 5 nitrogen and oxygen atoms in total. The Balaban J connectivity index is 1.36. The minimum Gasteiger partial charge on any atom is -0.496 e. The van der Waals surface area contributed by atoms with Crippen LogP contribution in [0.4, 0.5) is 0 Å². The molecule has 1 aliphatic heterocycles. The van der Waals surface area contributed by atoms with E-state index < -0.39 is 5.41 Å². The molecule has 1 saturated carbocycles. The highest BCUT2D eigenvalue weighted by Crippen LogP contribution is 2.52. The largest absolute Gasteiger partial charge is 0.496 e. The Kier molecular flexibility index (Phi) is 5.62. The molecule has 2 aliphatic rings. The van der Waals surface area contributed by atoms with Gasteiger partial charge < -0.3 is 14.8 Å². The van der Waals surface area contributed by atoms with Crippen LogP contribution in [0, 0.1) is 11.3 Å². The SMILES string of the molecule is C=C1CC2COC(=O)C2(Cc2ccc(C(=O)NCCc3ccccc3OC)cc2)C1. The van der Waals surface area contributed by atoms with Crippen molar-refractivity contribution in [1.29, 1.82) is 0 Å². The monoisotopic (exact) mass is 405 g/mol. The zero-order chi connectivity index (χ0) is 21.1. The molecule has 1 heterocycles. The Morgan fingerprint density at radius 3 is 2.77 bits per heavy atom. The Morgan fingerprint density at radius 1 is 1.23 bits per heavy atom. The van der Waals surface area contributed by atoms with Crippen LogP contribution >= 0.6 is 0 Å². The number of rotatable bonds is 7. The molecule has 5 heteroatoms. The van der Waals surface area contributed by atoms with Crippen LogP contribution in [0.3, 0.4) is 0 Å². The first kappa shape index (κ1) is 20.2. The van der Waals surface area contributed by atoms with Gasteiger partial charge in [-0.05, 0) is 55.0 Å². The molecule has 156 valence electrons. The van der Waals surface area contributed by atoms with E-state index >= 15 is 0 Å². The van der Waals surface area contributed by atoms with Crippen molar-refractivity contribution in [3.63, 3.8) is 0 Å². The van der Waals surface area contributed by atoms with E-state index in [1.165, 1.54) is 0 Å². The molecule has 30 heavy (non-hydrogen) atoms. The molecule has 2 aromatic rings. The number of para-hydroxylation sites is 1. The Hall–Kier alpha value is -3.08. The summed E-state index contributed by atoms with van der Waals surface area (Å²) >= 11 is 0. The Labute approximate surface area is 177 Å². The van der Waals surface area contributed by atoms with Gasteiger partial charge in [-0.15, -0.1) is 0 Å². The zero-order valence-electron chi connectivity index (χ0n) is 17.3. The number of allylic oxidation sites excluding steroid dienone is 1. The maximum absolute atomic E-state index is 12.5. The zero-order valence-corrected chi connectivity index (χ0v) is 17.3. The van der Waals surface area contributed by atoms with Crippen LogP contribution in [0.15, 0.2) is 60.7 Å². The number of hydrogen-bond donors (Lipinski definition) is 1. The van der Waals surface area contributed by atoms with Crippen molar-refractivity contribution < 1.29 is 19.1 Å². The van der Waals surface area contributed by atoms with Gasteiger partial charge in [-0.2, -0.15) is 0 Å². The number of methoxy groups -OCH3 is 1. The van der Waals surface area contributed by atoms with Gasteiger partial charge >= 0.3 is 5.97 Å². The normalized spacial score (nSPS) is 22.5. The molecule has 0 radical (unpaired) electrons. The van der Waals surface area contributed by atoms with Crippen LogP contribution in [0.25, 0.3) is 0 Å². The fourth-order valence-electron chi connectivity index (χ4n) is 4.72. The lowest BCUT2D eigenvalue weighted by molar-refractivity contribution is -0.146. The summed E-state index contributed by atoms with van der Waals surface area (Å²) in [6, 6.07) is 15.3. The average molecular weight is 405 g/mol. The van der Waals surface area contributed by atoms with Crippen molar-refractivity contribution in [2.45, 2.75) is 25.7 Å². The molecule has 1 aliphatic carbocycles. The standard InChI is InChI=1S/C25H27NO4/c1-17-13-21-16-30-24(28)25(21,14-17)15-18-7-9-20(10-8-18)23(27)26-12-11-19-5-3-4-6-22(19)29-2/h3-10,21H,1,11-16H2,2H3,(H,26,27). The number of ether oxygens (including phenoxy) is 2. The highest BCUT2D eigenvalue weighted by molar-refractivity contribution is 5.94. The molecule has 2 unspecified atom stereocenters. The third-order valence-corrected chi connectivity index (χ3v) is 6.31. The molecular weight excluding hydrogens is 378 g/mol. The summed E-state index contributed by atoms with van der Waals surface area (Å²) in [4.78, 5) is 24.9. The first-order chi connectivity index (χ1) is 14.5. The van der Waals surface area contributed by atoms with Crippen LogP contribution < -0.4 is 10.1 Å². The van der Waals surface area contributed by atoms with Crippen LogP contribution in [-0.4, -0.2) is 32.1 Å². The summed E-state index contributed by atoms with van der Waals surface area (Å²) < 4.78 is 10.7. The molecule has 4 rings (SSSR count). The molecule has 0 spiro atoms. The topological polar surface area (TPSA) is 64.6 Å².